The van der Waals surface area contributed by atoms with E-state index in [4.69, 9.17) is 5.11 Å². The molecule has 5 heteroatoms. The van der Waals surface area contributed by atoms with Crippen molar-refractivity contribution in [3.05, 3.63) is 36.5 Å². The van der Waals surface area contributed by atoms with E-state index in [0.29, 0.717) is 12.2 Å². The smallest absolute Gasteiger partial charge is 0.171 e. The Balaban J connectivity index is 2.25. The first-order valence-corrected chi connectivity index (χ1v) is 4.31. The lowest BCUT2D eigenvalue weighted by Crippen LogP contribution is -1.97. The second kappa shape index (κ2) is 3.97. The number of aliphatic hydroxyl groups is 1. The summed E-state index contributed by atoms with van der Waals surface area (Å²) in [6, 6.07) is 0. The molecule has 2 heterocycles. The van der Waals surface area contributed by atoms with Gasteiger partial charge in [0.05, 0.1) is 12.4 Å². The Morgan fingerprint density at radius 2 is 2.21 bits per heavy atom. The lowest BCUT2D eigenvalue weighted by atomic mass is 10.3. The van der Waals surface area contributed by atoms with Gasteiger partial charge < -0.3 is 5.11 Å². The Hall–Kier alpha value is -1.75. The Labute approximate surface area is 81.1 Å². The molecule has 0 aromatic carbocycles. The van der Waals surface area contributed by atoms with Crippen molar-refractivity contribution in [1.29, 1.82) is 0 Å². The van der Waals surface area contributed by atoms with Crippen molar-refractivity contribution in [2.24, 2.45) is 0 Å². The van der Waals surface area contributed by atoms with E-state index in [-0.39, 0.29) is 6.61 Å². The number of aliphatic hydroxyl groups excluding tert-OH is 1. The fourth-order valence-corrected chi connectivity index (χ4v) is 1.15. The quantitative estimate of drug-likeness (QED) is 0.750. The number of rotatable bonds is 3. The second-order valence-electron chi connectivity index (χ2n) is 2.83. The van der Waals surface area contributed by atoms with E-state index in [0.717, 1.165) is 5.56 Å². The number of hydrogen-bond donors (Lipinski definition) is 1. The summed E-state index contributed by atoms with van der Waals surface area (Å²) < 4.78 is 1.64. The van der Waals surface area contributed by atoms with Gasteiger partial charge in [-0.1, -0.05) is 0 Å². The number of nitrogens with zero attached hydrogens (tertiary/aromatic N) is 4. The molecule has 0 aliphatic rings. The Morgan fingerprint density at radius 1 is 1.29 bits per heavy atom. The first kappa shape index (κ1) is 8.83. The molecule has 0 radical (unpaired) electrons. The van der Waals surface area contributed by atoms with Crippen LogP contribution in [0.25, 0.3) is 5.82 Å². The van der Waals surface area contributed by atoms with Gasteiger partial charge in [0.1, 0.15) is 0 Å². The summed E-state index contributed by atoms with van der Waals surface area (Å²) >= 11 is 0. The van der Waals surface area contributed by atoms with Crippen LogP contribution >= 0.6 is 0 Å². The average Bonchev–Trinajstić information content (AvgIpc) is 2.68. The van der Waals surface area contributed by atoms with Crippen LogP contribution in [0.1, 0.15) is 5.56 Å². The normalized spacial score (nSPS) is 10.4. The molecule has 0 saturated carbocycles. The summed E-state index contributed by atoms with van der Waals surface area (Å²) in [5, 5.41) is 12.8. The van der Waals surface area contributed by atoms with Crippen molar-refractivity contribution in [1.82, 2.24) is 19.7 Å². The molecule has 0 bridgehead atoms. The van der Waals surface area contributed by atoms with Crippen LogP contribution in [0, 0.1) is 0 Å². The van der Waals surface area contributed by atoms with Crippen LogP contribution in [0.5, 0.6) is 0 Å². The maximum atomic E-state index is 8.73. The molecule has 0 amide bonds. The van der Waals surface area contributed by atoms with E-state index in [1.165, 1.54) is 0 Å². The topological polar surface area (TPSA) is 63.8 Å². The summed E-state index contributed by atoms with van der Waals surface area (Å²) in [4.78, 5) is 8.04. The molecule has 0 spiro atoms. The van der Waals surface area contributed by atoms with Gasteiger partial charge in [0.15, 0.2) is 5.82 Å². The van der Waals surface area contributed by atoms with Gasteiger partial charge in [0.25, 0.3) is 0 Å². The van der Waals surface area contributed by atoms with Crippen molar-refractivity contribution < 1.29 is 5.11 Å². The van der Waals surface area contributed by atoms with Crippen molar-refractivity contribution in [3.8, 4) is 5.82 Å². The van der Waals surface area contributed by atoms with Gasteiger partial charge in [-0.2, -0.15) is 5.10 Å². The highest BCUT2D eigenvalue weighted by Gasteiger charge is 2.00. The molecule has 5 nitrogen and oxygen atoms in total. The van der Waals surface area contributed by atoms with Crippen molar-refractivity contribution in [2.75, 3.05) is 6.61 Å². The molecule has 1 N–H and O–H groups in total. The lowest BCUT2D eigenvalue weighted by Gasteiger charge is -1.96. The summed E-state index contributed by atoms with van der Waals surface area (Å²) in [5.41, 5.74) is 0.984. The minimum absolute atomic E-state index is 0.131. The minimum atomic E-state index is 0.131. The van der Waals surface area contributed by atoms with E-state index in [1.807, 2.05) is 6.20 Å². The zero-order chi connectivity index (χ0) is 9.80. The fraction of sp³-hybridized carbons (Fsp3) is 0.222. The highest BCUT2D eigenvalue weighted by Crippen LogP contribution is 2.03. The van der Waals surface area contributed by atoms with Gasteiger partial charge in [-0.05, 0) is 12.0 Å². The van der Waals surface area contributed by atoms with Crippen molar-refractivity contribution in [2.45, 2.75) is 6.42 Å². The highest BCUT2D eigenvalue weighted by molar-refractivity contribution is 5.18. The summed E-state index contributed by atoms with van der Waals surface area (Å²) in [7, 11) is 0. The molecule has 0 saturated heterocycles. The van der Waals surface area contributed by atoms with Gasteiger partial charge in [-0.25, -0.2) is 9.67 Å². The molecule has 2 rings (SSSR count). The highest BCUT2D eigenvalue weighted by atomic mass is 16.2. The van der Waals surface area contributed by atoms with E-state index in [2.05, 4.69) is 15.1 Å². The lowest BCUT2D eigenvalue weighted by molar-refractivity contribution is 0.299. The number of aromatic nitrogens is 4. The zero-order valence-corrected chi connectivity index (χ0v) is 7.54. The maximum absolute atomic E-state index is 8.73. The predicted octanol–water partition coefficient (Wildman–Crippen LogP) is 0.197. The molecular formula is C9H10N4O. The first-order valence-electron chi connectivity index (χ1n) is 4.31. The second-order valence-corrected chi connectivity index (χ2v) is 2.83. The molecule has 0 fully saturated rings. The van der Waals surface area contributed by atoms with E-state index >= 15 is 0 Å². The molecule has 72 valence electrons. The predicted molar refractivity (Wildman–Crippen MR) is 49.9 cm³/mol. The molecular weight excluding hydrogens is 180 g/mol. The third-order valence-corrected chi connectivity index (χ3v) is 1.82. The van der Waals surface area contributed by atoms with Crippen LogP contribution in [-0.4, -0.2) is 31.5 Å². The van der Waals surface area contributed by atoms with Gasteiger partial charge in [-0.15, -0.1) is 0 Å². The molecule has 2 aromatic heterocycles. The van der Waals surface area contributed by atoms with Crippen LogP contribution < -0.4 is 0 Å². The molecule has 0 unspecified atom stereocenters. The van der Waals surface area contributed by atoms with Gasteiger partial charge in [0, 0.05) is 25.2 Å². The van der Waals surface area contributed by atoms with Gasteiger partial charge in [-0.3, -0.25) is 4.98 Å². The summed E-state index contributed by atoms with van der Waals surface area (Å²) in [6.07, 6.45) is 9.02. The Bertz CT molecular complexity index is 398. The maximum Gasteiger partial charge on any atom is 0.171 e. The van der Waals surface area contributed by atoms with Crippen molar-refractivity contribution in [3.63, 3.8) is 0 Å². The van der Waals surface area contributed by atoms with Crippen LogP contribution in [-0.2, 0) is 6.42 Å². The van der Waals surface area contributed by atoms with Crippen LogP contribution in [0.15, 0.2) is 31.0 Å². The molecule has 2 aromatic rings. The van der Waals surface area contributed by atoms with Gasteiger partial charge in [0.2, 0.25) is 0 Å². The first-order chi connectivity index (χ1) is 6.90. The molecule has 0 atom stereocenters. The van der Waals surface area contributed by atoms with Crippen molar-refractivity contribution >= 4 is 0 Å². The molecule has 0 aliphatic carbocycles. The molecule has 14 heavy (non-hydrogen) atoms. The van der Waals surface area contributed by atoms with E-state index < -0.39 is 0 Å². The fourth-order valence-electron chi connectivity index (χ4n) is 1.15. The largest absolute Gasteiger partial charge is 0.396 e. The standard InChI is InChI=1S/C9H10N4O/c14-4-1-8-5-12-13(7-8)9-6-10-2-3-11-9/h2-3,5-7,14H,1,4H2. The van der Waals surface area contributed by atoms with Crippen LogP contribution in [0.4, 0.5) is 0 Å². The molecule has 0 aliphatic heterocycles. The van der Waals surface area contributed by atoms with Crippen LogP contribution in [0.2, 0.25) is 0 Å². The van der Waals surface area contributed by atoms with E-state index in [1.54, 1.807) is 29.5 Å². The minimum Gasteiger partial charge on any atom is -0.396 e. The van der Waals surface area contributed by atoms with Gasteiger partial charge >= 0.3 is 0 Å². The zero-order valence-electron chi connectivity index (χ0n) is 7.54. The SMILES string of the molecule is OCCc1cnn(-c2cnccn2)c1. The Kier molecular flexibility index (Phi) is 2.51. The Morgan fingerprint density at radius 3 is 2.93 bits per heavy atom. The third-order valence-electron chi connectivity index (χ3n) is 1.82. The monoisotopic (exact) mass is 190 g/mol. The summed E-state index contributed by atoms with van der Waals surface area (Å²) in [6.45, 7) is 0.131. The summed E-state index contributed by atoms with van der Waals surface area (Å²) in [5.74, 6) is 0.677. The third kappa shape index (κ3) is 1.77. The average molecular weight is 190 g/mol. The van der Waals surface area contributed by atoms with E-state index in [9.17, 15) is 0 Å². The number of hydrogen-bond acceptors (Lipinski definition) is 4. The van der Waals surface area contributed by atoms with Crippen LogP contribution in [0.3, 0.4) is 0 Å².